The second kappa shape index (κ2) is 7.78. The van der Waals surface area contributed by atoms with Gasteiger partial charge in [-0.2, -0.15) is 0 Å². The molecule has 0 N–H and O–H groups in total. The molecule has 2 aromatic rings. The smallest absolute Gasteiger partial charge is 0.0923 e. The molecule has 0 aromatic heterocycles. The van der Waals surface area contributed by atoms with E-state index >= 15 is 0 Å². The number of halogens is 2. The molecule has 0 amide bonds. The van der Waals surface area contributed by atoms with Gasteiger partial charge in [-0.15, -0.1) is 23.2 Å². The quantitative estimate of drug-likeness (QED) is 0.310. The third-order valence-corrected chi connectivity index (χ3v) is 11.9. The predicted molar refractivity (Wildman–Crippen MR) is 132 cm³/mol. The van der Waals surface area contributed by atoms with Crippen LogP contribution in [-0.2, 0) is 30.7 Å². The van der Waals surface area contributed by atoms with E-state index in [9.17, 15) is 0 Å². The fraction of sp³-hybridized carbons (Fsp3) is 0.385. The van der Waals surface area contributed by atoms with E-state index in [1.807, 2.05) is 0 Å². The maximum atomic E-state index is 7.62. The summed E-state index contributed by atoms with van der Waals surface area (Å²) in [7, 11) is -1.05. The summed E-state index contributed by atoms with van der Waals surface area (Å²) in [4.78, 5) is 0. The van der Waals surface area contributed by atoms with Crippen LogP contribution in [0, 0.1) is 27.7 Å². The average molecular weight is 489 g/mol. The number of rotatable bonds is 2. The van der Waals surface area contributed by atoms with Gasteiger partial charge in [-0.3, -0.25) is 0 Å². The molecule has 0 bridgehead atoms. The fourth-order valence-electron chi connectivity index (χ4n) is 5.72. The Morgan fingerprint density at radius 2 is 0.933 bits per heavy atom. The SMILES string of the molecule is CC1=C(C)C(Cl)([SiH2]C2(Cl)C(C)=C(C)c3c(C)cc(C)cc32)c2cc(C)cc(C)c21.[Ti]. The third kappa shape index (κ3) is 3.20. The maximum absolute atomic E-state index is 7.62. The van der Waals surface area contributed by atoms with Crippen LogP contribution in [0.5, 0.6) is 0 Å². The normalized spacial score (nSPS) is 25.3. The van der Waals surface area contributed by atoms with E-state index in [1.54, 1.807) is 0 Å². The number of aryl methyl sites for hydroxylation is 4. The van der Waals surface area contributed by atoms with Crippen molar-refractivity contribution < 1.29 is 21.7 Å². The summed E-state index contributed by atoms with van der Waals surface area (Å²) in [6.07, 6.45) is 0. The molecule has 0 radical (unpaired) electrons. The molecule has 2 aromatic carbocycles. The molecule has 0 spiro atoms. The summed E-state index contributed by atoms with van der Waals surface area (Å²) in [5, 5.41) is 0. The minimum atomic E-state index is -1.05. The van der Waals surface area contributed by atoms with Gasteiger partial charge in [0.1, 0.15) is 0 Å². The van der Waals surface area contributed by atoms with Crippen LogP contribution in [0.2, 0.25) is 0 Å². The van der Waals surface area contributed by atoms with Crippen molar-refractivity contribution in [3.8, 4) is 0 Å². The fourth-order valence-corrected chi connectivity index (χ4v) is 10.4. The van der Waals surface area contributed by atoms with Gasteiger partial charge in [0.15, 0.2) is 0 Å². The van der Waals surface area contributed by atoms with Gasteiger partial charge in [0.2, 0.25) is 0 Å². The molecule has 156 valence electrons. The Kier molecular flexibility index (Phi) is 6.25. The van der Waals surface area contributed by atoms with Crippen LogP contribution in [0.3, 0.4) is 0 Å². The molecule has 0 nitrogen and oxygen atoms in total. The van der Waals surface area contributed by atoms with E-state index in [2.05, 4.69) is 79.7 Å². The van der Waals surface area contributed by atoms with Crippen LogP contribution < -0.4 is 0 Å². The first-order valence-corrected chi connectivity index (χ1v) is 12.6. The Balaban J connectivity index is 0.00000256. The first-order chi connectivity index (χ1) is 13.4. The summed E-state index contributed by atoms with van der Waals surface area (Å²) in [5.74, 6) is 0. The van der Waals surface area contributed by atoms with E-state index in [4.69, 9.17) is 23.2 Å². The second-order valence-corrected chi connectivity index (χ2v) is 13.9. The molecule has 4 heteroatoms. The molecule has 0 saturated carbocycles. The first kappa shape index (κ1) is 24.1. The molecule has 0 heterocycles. The first-order valence-electron chi connectivity index (χ1n) is 10.4. The van der Waals surface area contributed by atoms with Crippen molar-refractivity contribution in [2.45, 2.75) is 64.4 Å². The van der Waals surface area contributed by atoms with Gasteiger partial charge >= 0.3 is 0 Å². The number of alkyl halides is 2. The summed E-state index contributed by atoms with van der Waals surface area (Å²) < 4.78 is -0.919. The molecule has 2 aliphatic carbocycles. The summed E-state index contributed by atoms with van der Waals surface area (Å²) in [6.45, 7) is 17.6. The van der Waals surface area contributed by atoms with Crippen LogP contribution in [0.1, 0.15) is 72.2 Å². The van der Waals surface area contributed by atoms with E-state index in [0.717, 1.165) is 0 Å². The van der Waals surface area contributed by atoms with Crippen LogP contribution in [0.4, 0.5) is 0 Å². The zero-order valence-corrected chi connectivity index (χ0v) is 23.8. The molecular formula is C26H30Cl2SiTi. The van der Waals surface area contributed by atoms with Crippen molar-refractivity contribution >= 4 is 43.9 Å². The van der Waals surface area contributed by atoms with Gasteiger partial charge in [0, 0.05) is 21.7 Å². The van der Waals surface area contributed by atoms with Crippen molar-refractivity contribution in [3.63, 3.8) is 0 Å². The Bertz CT molecular complexity index is 1050. The van der Waals surface area contributed by atoms with Crippen molar-refractivity contribution in [3.05, 3.63) is 79.9 Å². The topological polar surface area (TPSA) is 0 Å². The van der Waals surface area contributed by atoms with Crippen LogP contribution in [0.25, 0.3) is 11.1 Å². The standard InChI is InChI=1S/C26H30Cl2Si.Ti/c1-13-9-15(3)23-17(5)19(7)25(27,21(23)11-13)29-26(28)20(8)18(6)24-16(4)10-14(2)12-22(24)26;/h9-12H,29H2,1-8H3;. The molecule has 2 aliphatic rings. The van der Waals surface area contributed by atoms with Crippen molar-refractivity contribution in [2.75, 3.05) is 0 Å². The van der Waals surface area contributed by atoms with E-state index in [-0.39, 0.29) is 21.7 Å². The molecule has 0 aliphatic heterocycles. The van der Waals surface area contributed by atoms with Crippen molar-refractivity contribution in [1.82, 2.24) is 0 Å². The number of hydrogen-bond acceptors (Lipinski definition) is 0. The molecule has 2 atom stereocenters. The summed E-state index contributed by atoms with van der Waals surface area (Å²) in [5.41, 5.74) is 15.7. The molecule has 0 fully saturated rings. The molecular weight excluding hydrogens is 459 g/mol. The number of hydrogen-bond donors (Lipinski definition) is 0. The second-order valence-electron chi connectivity index (χ2n) is 9.29. The Labute approximate surface area is 208 Å². The van der Waals surface area contributed by atoms with Gasteiger partial charge in [-0.25, -0.2) is 0 Å². The summed E-state index contributed by atoms with van der Waals surface area (Å²) >= 11 is 15.2. The molecule has 2 unspecified atom stereocenters. The average Bonchev–Trinajstić information content (AvgIpc) is 2.92. The van der Waals surface area contributed by atoms with Crippen LogP contribution in [-0.4, -0.2) is 9.52 Å². The number of allylic oxidation sites excluding steroid dienone is 4. The monoisotopic (exact) mass is 488 g/mol. The predicted octanol–water partition coefficient (Wildman–Crippen LogP) is 7.18. The van der Waals surface area contributed by atoms with Crippen molar-refractivity contribution in [1.29, 1.82) is 0 Å². The van der Waals surface area contributed by atoms with E-state index in [1.165, 1.54) is 66.8 Å². The van der Waals surface area contributed by atoms with E-state index in [0.29, 0.717) is 0 Å². The van der Waals surface area contributed by atoms with Gasteiger partial charge in [-0.05, 0) is 111 Å². The third-order valence-electron chi connectivity index (χ3n) is 7.36. The largest absolute Gasteiger partial charge is 0.114 e. The molecule has 0 saturated heterocycles. The zero-order chi connectivity index (χ0) is 21.5. The Morgan fingerprint density at radius 3 is 1.27 bits per heavy atom. The van der Waals surface area contributed by atoms with Gasteiger partial charge in [-0.1, -0.05) is 35.4 Å². The van der Waals surface area contributed by atoms with E-state index < -0.39 is 18.5 Å². The molecule has 30 heavy (non-hydrogen) atoms. The molecule has 4 rings (SSSR count). The minimum Gasteiger partial charge on any atom is -0.114 e. The Hall–Kier alpha value is -0.569. The minimum absolute atomic E-state index is 0. The summed E-state index contributed by atoms with van der Waals surface area (Å²) in [6, 6.07) is 9.13. The van der Waals surface area contributed by atoms with Crippen LogP contribution in [0.15, 0.2) is 35.4 Å². The zero-order valence-electron chi connectivity index (χ0n) is 19.3. The van der Waals surface area contributed by atoms with Gasteiger partial charge in [0.05, 0.1) is 18.5 Å². The van der Waals surface area contributed by atoms with Gasteiger partial charge < -0.3 is 0 Å². The van der Waals surface area contributed by atoms with Gasteiger partial charge in [0.25, 0.3) is 0 Å². The number of benzene rings is 2. The Morgan fingerprint density at radius 1 is 0.600 bits per heavy atom. The van der Waals surface area contributed by atoms with Crippen LogP contribution >= 0.6 is 23.2 Å². The number of fused-ring (bicyclic) bond motifs is 2. The maximum Gasteiger partial charge on any atom is 0.0923 e. The van der Waals surface area contributed by atoms with Crippen molar-refractivity contribution in [2.24, 2.45) is 0 Å².